The molecule has 0 bridgehead atoms. The number of nitrogen functional groups attached to an aromatic ring is 2. The van der Waals surface area contributed by atoms with E-state index in [1.165, 1.54) is 12.1 Å². The second-order valence-electron chi connectivity index (χ2n) is 4.04. The van der Waals surface area contributed by atoms with Crippen molar-refractivity contribution >= 4 is 23.0 Å². The van der Waals surface area contributed by atoms with Gasteiger partial charge in [0.2, 0.25) is 0 Å². The SMILES string of the molecule is Nc1ccc(Oc2ccc(C(F)(F)F)cc2Cl)cc1N. The van der Waals surface area contributed by atoms with Crippen LogP contribution in [-0.2, 0) is 6.18 Å². The van der Waals surface area contributed by atoms with E-state index in [-0.39, 0.29) is 10.8 Å². The Labute approximate surface area is 117 Å². The Morgan fingerprint density at radius 2 is 1.65 bits per heavy atom. The highest BCUT2D eigenvalue weighted by Gasteiger charge is 2.31. The van der Waals surface area contributed by atoms with E-state index in [0.29, 0.717) is 17.1 Å². The molecule has 0 aromatic heterocycles. The van der Waals surface area contributed by atoms with Gasteiger partial charge in [-0.25, -0.2) is 0 Å². The van der Waals surface area contributed by atoms with Gasteiger partial charge in [-0.3, -0.25) is 0 Å². The lowest BCUT2D eigenvalue weighted by Crippen LogP contribution is -2.04. The lowest BCUT2D eigenvalue weighted by Gasteiger charge is -2.11. The summed E-state index contributed by atoms with van der Waals surface area (Å²) in [5, 5.41) is -0.143. The zero-order valence-electron chi connectivity index (χ0n) is 10.0. The summed E-state index contributed by atoms with van der Waals surface area (Å²) in [6.45, 7) is 0. The number of nitrogens with two attached hydrogens (primary N) is 2. The zero-order valence-corrected chi connectivity index (χ0v) is 10.8. The maximum Gasteiger partial charge on any atom is 0.416 e. The van der Waals surface area contributed by atoms with Gasteiger partial charge in [0.1, 0.15) is 11.5 Å². The first-order valence-electron chi connectivity index (χ1n) is 5.47. The standard InChI is InChI=1S/C13H10ClF3N2O/c14-9-5-7(13(15,16)17)1-4-12(9)20-8-2-3-10(18)11(19)6-8/h1-6H,18-19H2. The van der Waals surface area contributed by atoms with Gasteiger partial charge in [0, 0.05) is 6.07 Å². The molecule has 0 aliphatic carbocycles. The number of alkyl halides is 3. The van der Waals surface area contributed by atoms with Gasteiger partial charge in [-0.2, -0.15) is 13.2 Å². The molecule has 0 saturated heterocycles. The minimum atomic E-state index is -4.45. The molecule has 2 aromatic carbocycles. The summed E-state index contributed by atoms with van der Waals surface area (Å²) in [7, 11) is 0. The summed E-state index contributed by atoms with van der Waals surface area (Å²) < 4.78 is 42.9. The van der Waals surface area contributed by atoms with Gasteiger partial charge in [-0.15, -0.1) is 0 Å². The molecule has 2 rings (SSSR count). The minimum Gasteiger partial charge on any atom is -0.456 e. The van der Waals surface area contributed by atoms with E-state index in [9.17, 15) is 13.2 Å². The molecular weight excluding hydrogens is 293 g/mol. The Balaban J connectivity index is 2.28. The summed E-state index contributed by atoms with van der Waals surface area (Å²) in [6.07, 6.45) is -4.45. The molecule has 0 aliphatic heterocycles. The van der Waals surface area contributed by atoms with Crippen molar-refractivity contribution < 1.29 is 17.9 Å². The molecule has 0 unspecified atom stereocenters. The lowest BCUT2D eigenvalue weighted by molar-refractivity contribution is -0.137. The van der Waals surface area contributed by atoms with E-state index >= 15 is 0 Å². The zero-order chi connectivity index (χ0) is 14.9. The van der Waals surface area contributed by atoms with Gasteiger partial charge in [0.25, 0.3) is 0 Å². The molecule has 3 nitrogen and oxygen atoms in total. The third-order valence-corrected chi connectivity index (χ3v) is 2.84. The van der Waals surface area contributed by atoms with Crippen LogP contribution in [0.15, 0.2) is 36.4 Å². The lowest BCUT2D eigenvalue weighted by atomic mass is 10.2. The quantitative estimate of drug-likeness (QED) is 0.812. The second kappa shape index (κ2) is 5.13. The Morgan fingerprint density at radius 1 is 0.950 bits per heavy atom. The molecule has 0 heterocycles. The van der Waals surface area contributed by atoms with Crippen molar-refractivity contribution in [1.82, 2.24) is 0 Å². The molecule has 0 amide bonds. The molecule has 0 fully saturated rings. The molecule has 2 aromatic rings. The van der Waals surface area contributed by atoms with Crippen LogP contribution >= 0.6 is 11.6 Å². The van der Waals surface area contributed by atoms with Crippen LogP contribution in [0.1, 0.15) is 5.56 Å². The summed E-state index contributed by atoms with van der Waals surface area (Å²) in [6, 6.07) is 7.38. The molecule has 0 saturated carbocycles. The van der Waals surface area contributed by atoms with Crippen LogP contribution in [0.4, 0.5) is 24.5 Å². The van der Waals surface area contributed by atoms with Crippen molar-refractivity contribution in [1.29, 1.82) is 0 Å². The van der Waals surface area contributed by atoms with E-state index in [2.05, 4.69) is 0 Å². The molecule has 0 atom stereocenters. The predicted octanol–water partition coefficient (Wildman–Crippen LogP) is 4.32. The number of benzene rings is 2. The number of rotatable bonds is 2. The normalized spacial score (nSPS) is 11.4. The van der Waals surface area contributed by atoms with Crippen molar-refractivity contribution in [2.45, 2.75) is 6.18 Å². The van der Waals surface area contributed by atoms with Gasteiger partial charge in [-0.05, 0) is 30.3 Å². The monoisotopic (exact) mass is 302 g/mol. The van der Waals surface area contributed by atoms with E-state index in [4.69, 9.17) is 27.8 Å². The number of ether oxygens (including phenoxy) is 1. The summed E-state index contributed by atoms with van der Waals surface area (Å²) in [5.41, 5.74) is 11.0. The smallest absolute Gasteiger partial charge is 0.416 e. The Morgan fingerprint density at radius 3 is 2.20 bits per heavy atom. The fraction of sp³-hybridized carbons (Fsp3) is 0.0769. The van der Waals surface area contributed by atoms with Crippen molar-refractivity contribution in [3.05, 3.63) is 47.0 Å². The van der Waals surface area contributed by atoms with Crippen LogP contribution in [0.25, 0.3) is 0 Å². The Bertz CT molecular complexity index is 644. The highest BCUT2D eigenvalue weighted by molar-refractivity contribution is 6.32. The van der Waals surface area contributed by atoms with Crippen LogP contribution in [0, 0.1) is 0 Å². The maximum atomic E-state index is 12.5. The predicted molar refractivity (Wildman–Crippen MR) is 71.8 cm³/mol. The number of hydrogen-bond acceptors (Lipinski definition) is 3. The number of halogens is 4. The molecule has 0 aliphatic rings. The molecule has 106 valence electrons. The van der Waals surface area contributed by atoms with Crippen molar-refractivity contribution in [2.75, 3.05) is 11.5 Å². The molecule has 0 spiro atoms. The summed E-state index contributed by atoms with van der Waals surface area (Å²) in [4.78, 5) is 0. The van der Waals surface area contributed by atoms with Crippen LogP contribution in [0.3, 0.4) is 0 Å². The highest BCUT2D eigenvalue weighted by atomic mass is 35.5. The van der Waals surface area contributed by atoms with Crippen LogP contribution in [-0.4, -0.2) is 0 Å². The fourth-order valence-corrected chi connectivity index (χ4v) is 1.72. The molecule has 20 heavy (non-hydrogen) atoms. The third-order valence-electron chi connectivity index (χ3n) is 2.55. The second-order valence-corrected chi connectivity index (χ2v) is 4.44. The highest BCUT2D eigenvalue weighted by Crippen LogP contribution is 2.36. The van der Waals surface area contributed by atoms with Gasteiger partial charge in [0.05, 0.1) is 22.0 Å². The molecular formula is C13H10ClF3N2O. The van der Waals surface area contributed by atoms with E-state index in [0.717, 1.165) is 18.2 Å². The van der Waals surface area contributed by atoms with E-state index in [1.807, 2.05) is 0 Å². The summed E-state index contributed by atoms with van der Waals surface area (Å²) in [5.74, 6) is 0.433. The maximum absolute atomic E-state index is 12.5. The number of anilines is 2. The van der Waals surface area contributed by atoms with Crippen LogP contribution < -0.4 is 16.2 Å². The van der Waals surface area contributed by atoms with Crippen LogP contribution in [0.2, 0.25) is 5.02 Å². The first kappa shape index (κ1) is 14.3. The fourth-order valence-electron chi connectivity index (χ4n) is 1.50. The first-order chi connectivity index (χ1) is 9.27. The number of hydrogen-bond donors (Lipinski definition) is 2. The minimum absolute atomic E-state index is 0.101. The van der Waals surface area contributed by atoms with Gasteiger partial charge >= 0.3 is 6.18 Å². The average Bonchev–Trinajstić information content (AvgIpc) is 2.35. The van der Waals surface area contributed by atoms with Gasteiger partial charge < -0.3 is 16.2 Å². The Kier molecular flexibility index (Phi) is 3.67. The molecule has 0 radical (unpaired) electrons. The van der Waals surface area contributed by atoms with Crippen molar-refractivity contribution in [2.24, 2.45) is 0 Å². The summed E-state index contributed by atoms with van der Waals surface area (Å²) >= 11 is 5.78. The van der Waals surface area contributed by atoms with Gasteiger partial charge in [0.15, 0.2) is 0 Å². The average molecular weight is 303 g/mol. The van der Waals surface area contributed by atoms with E-state index < -0.39 is 11.7 Å². The van der Waals surface area contributed by atoms with Crippen molar-refractivity contribution in [3.8, 4) is 11.5 Å². The Hall–Kier alpha value is -2.08. The van der Waals surface area contributed by atoms with Crippen molar-refractivity contribution in [3.63, 3.8) is 0 Å². The first-order valence-corrected chi connectivity index (χ1v) is 5.85. The third kappa shape index (κ3) is 3.08. The van der Waals surface area contributed by atoms with Gasteiger partial charge in [-0.1, -0.05) is 11.6 Å². The van der Waals surface area contributed by atoms with E-state index in [1.54, 1.807) is 6.07 Å². The largest absolute Gasteiger partial charge is 0.456 e. The topological polar surface area (TPSA) is 61.3 Å². The van der Waals surface area contributed by atoms with Crippen LogP contribution in [0.5, 0.6) is 11.5 Å². The molecule has 4 N–H and O–H groups in total. The molecule has 7 heteroatoms.